The lowest BCUT2D eigenvalue weighted by molar-refractivity contribution is -0.136. The Labute approximate surface area is 125 Å². The van der Waals surface area contributed by atoms with Gasteiger partial charge in [-0.2, -0.15) is 0 Å². The molecule has 0 fully saturated rings. The number of esters is 1. The lowest BCUT2D eigenvalue weighted by Crippen LogP contribution is -2.04. The van der Waals surface area contributed by atoms with Crippen LogP contribution in [0.25, 0.3) is 6.08 Å². The second kappa shape index (κ2) is 7.72. The average Bonchev–Trinajstić information content (AvgIpc) is 2.55. The molecule has 2 aromatic rings. The van der Waals surface area contributed by atoms with E-state index < -0.39 is 0 Å². The number of carbonyl (C=O) groups is 1. The van der Waals surface area contributed by atoms with E-state index in [9.17, 15) is 4.79 Å². The fourth-order valence-electron chi connectivity index (χ4n) is 1.83. The Balaban J connectivity index is 2.17. The molecule has 0 aliphatic rings. The van der Waals surface area contributed by atoms with Crippen LogP contribution >= 0.6 is 0 Å². The van der Waals surface area contributed by atoms with Crippen molar-refractivity contribution in [2.75, 3.05) is 7.11 Å². The molecular weight excluding hydrogens is 260 g/mol. The van der Waals surface area contributed by atoms with E-state index >= 15 is 0 Å². The zero-order chi connectivity index (χ0) is 14.9. The van der Waals surface area contributed by atoms with Gasteiger partial charge in [0.05, 0.1) is 7.11 Å². The maximum atomic E-state index is 11.8. The lowest BCUT2D eigenvalue weighted by atomic mass is 10.1. The average molecular weight is 276 g/mol. The Hall–Kier alpha value is -2.79. The van der Waals surface area contributed by atoms with Gasteiger partial charge in [-0.25, -0.2) is 4.79 Å². The number of rotatable bonds is 3. The SMILES string of the molecule is COC(=O)C(=Cc1ccccc1)CC#Cc1ccccc1. The van der Waals surface area contributed by atoms with Crippen molar-refractivity contribution in [2.45, 2.75) is 6.42 Å². The summed E-state index contributed by atoms with van der Waals surface area (Å²) >= 11 is 0. The second-order valence-corrected chi connectivity index (χ2v) is 4.42. The largest absolute Gasteiger partial charge is 0.466 e. The van der Waals surface area contributed by atoms with Gasteiger partial charge in [0.25, 0.3) is 0 Å². The Morgan fingerprint density at radius 3 is 2.29 bits per heavy atom. The number of ether oxygens (including phenoxy) is 1. The summed E-state index contributed by atoms with van der Waals surface area (Å²) in [6.07, 6.45) is 2.17. The molecular formula is C19H16O2. The number of benzene rings is 2. The van der Waals surface area contributed by atoms with Crippen LogP contribution in [0.15, 0.2) is 66.2 Å². The summed E-state index contributed by atoms with van der Waals surface area (Å²) in [5, 5.41) is 0. The maximum absolute atomic E-state index is 11.8. The Morgan fingerprint density at radius 1 is 1.05 bits per heavy atom. The summed E-state index contributed by atoms with van der Waals surface area (Å²) in [5.74, 6) is 5.71. The number of hydrogen-bond donors (Lipinski definition) is 0. The molecule has 0 heterocycles. The molecule has 104 valence electrons. The molecule has 2 rings (SSSR count). The van der Waals surface area contributed by atoms with E-state index in [4.69, 9.17) is 4.74 Å². The van der Waals surface area contributed by atoms with E-state index in [0.29, 0.717) is 12.0 Å². The molecule has 0 spiro atoms. The first-order valence-corrected chi connectivity index (χ1v) is 6.67. The fourth-order valence-corrected chi connectivity index (χ4v) is 1.83. The first-order chi connectivity index (χ1) is 10.3. The quantitative estimate of drug-likeness (QED) is 0.485. The summed E-state index contributed by atoms with van der Waals surface area (Å²) in [6, 6.07) is 19.4. The molecule has 21 heavy (non-hydrogen) atoms. The Morgan fingerprint density at radius 2 is 1.67 bits per heavy atom. The van der Waals surface area contributed by atoms with Crippen LogP contribution in [0.4, 0.5) is 0 Å². The molecule has 2 aromatic carbocycles. The lowest BCUT2D eigenvalue weighted by Gasteiger charge is -2.01. The molecule has 0 aliphatic carbocycles. The highest BCUT2D eigenvalue weighted by atomic mass is 16.5. The van der Waals surface area contributed by atoms with Crippen molar-refractivity contribution in [3.05, 3.63) is 77.4 Å². The highest BCUT2D eigenvalue weighted by molar-refractivity contribution is 5.94. The van der Waals surface area contributed by atoms with E-state index in [2.05, 4.69) is 11.8 Å². The standard InChI is InChI=1S/C19H16O2/c1-21-19(20)18(15-17-11-6-3-7-12-17)14-8-13-16-9-4-2-5-10-16/h2-7,9-12,15H,14H2,1H3. The van der Waals surface area contributed by atoms with Gasteiger partial charge in [0, 0.05) is 17.6 Å². The molecule has 0 aliphatic heterocycles. The van der Waals surface area contributed by atoms with E-state index in [1.54, 1.807) is 0 Å². The van der Waals surface area contributed by atoms with E-state index in [0.717, 1.165) is 11.1 Å². The van der Waals surface area contributed by atoms with Crippen LogP contribution < -0.4 is 0 Å². The minimum Gasteiger partial charge on any atom is -0.466 e. The van der Waals surface area contributed by atoms with Crippen LogP contribution in [0.2, 0.25) is 0 Å². The van der Waals surface area contributed by atoms with Gasteiger partial charge in [-0.1, -0.05) is 60.4 Å². The third-order valence-electron chi connectivity index (χ3n) is 2.87. The smallest absolute Gasteiger partial charge is 0.334 e. The van der Waals surface area contributed by atoms with Crippen molar-refractivity contribution in [1.29, 1.82) is 0 Å². The highest BCUT2D eigenvalue weighted by Crippen LogP contribution is 2.11. The summed E-state index contributed by atoms with van der Waals surface area (Å²) < 4.78 is 4.81. The van der Waals surface area contributed by atoms with E-state index in [1.807, 2.05) is 66.7 Å². The molecule has 2 nitrogen and oxygen atoms in total. The Bertz CT molecular complexity index is 674. The van der Waals surface area contributed by atoms with Crippen molar-refractivity contribution < 1.29 is 9.53 Å². The molecule has 0 atom stereocenters. The van der Waals surface area contributed by atoms with Crippen molar-refractivity contribution in [2.24, 2.45) is 0 Å². The maximum Gasteiger partial charge on any atom is 0.334 e. The van der Waals surface area contributed by atoms with Crippen LogP contribution in [0.1, 0.15) is 17.5 Å². The van der Waals surface area contributed by atoms with Gasteiger partial charge in [-0.15, -0.1) is 0 Å². The van der Waals surface area contributed by atoms with E-state index in [-0.39, 0.29) is 5.97 Å². The van der Waals surface area contributed by atoms with Crippen LogP contribution in [-0.4, -0.2) is 13.1 Å². The molecule has 0 saturated carbocycles. The van der Waals surface area contributed by atoms with Crippen LogP contribution in [0.3, 0.4) is 0 Å². The zero-order valence-electron chi connectivity index (χ0n) is 11.9. The number of methoxy groups -OCH3 is 1. The van der Waals surface area contributed by atoms with Crippen LogP contribution in [0, 0.1) is 11.8 Å². The summed E-state index contributed by atoms with van der Waals surface area (Å²) in [6.45, 7) is 0. The first kappa shape index (κ1) is 14.6. The van der Waals surface area contributed by atoms with Gasteiger partial charge >= 0.3 is 5.97 Å². The minimum atomic E-state index is -0.346. The van der Waals surface area contributed by atoms with Crippen molar-refractivity contribution >= 4 is 12.0 Å². The van der Waals surface area contributed by atoms with Crippen LogP contribution in [0.5, 0.6) is 0 Å². The first-order valence-electron chi connectivity index (χ1n) is 6.67. The summed E-state index contributed by atoms with van der Waals surface area (Å²) in [5.41, 5.74) is 2.44. The monoisotopic (exact) mass is 276 g/mol. The van der Waals surface area contributed by atoms with Crippen molar-refractivity contribution in [3.8, 4) is 11.8 Å². The molecule has 0 unspecified atom stereocenters. The zero-order valence-corrected chi connectivity index (χ0v) is 11.9. The minimum absolute atomic E-state index is 0.346. The van der Waals surface area contributed by atoms with E-state index in [1.165, 1.54) is 7.11 Å². The fraction of sp³-hybridized carbons (Fsp3) is 0.105. The third kappa shape index (κ3) is 4.67. The van der Waals surface area contributed by atoms with Crippen molar-refractivity contribution in [3.63, 3.8) is 0 Å². The Kier molecular flexibility index (Phi) is 5.37. The number of carbonyl (C=O) groups excluding carboxylic acids is 1. The molecule has 0 saturated heterocycles. The van der Waals surface area contributed by atoms with Gasteiger partial charge in [0.15, 0.2) is 0 Å². The van der Waals surface area contributed by atoms with Gasteiger partial charge in [0.1, 0.15) is 0 Å². The van der Waals surface area contributed by atoms with Gasteiger partial charge < -0.3 is 4.74 Å². The van der Waals surface area contributed by atoms with Crippen LogP contribution in [-0.2, 0) is 9.53 Å². The molecule has 0 amide bonds. The predicted molar refractivity (Wildman–Crippen MR) is 84.4 cm³/mol. The molecule has 0 N–H and O–H groups in total. The highest BCUT2D eigenvalue weighted by Gasteiger charge is 2.07. The molecule has 0 bridgehead atoms. The predicted octanol–water partition coefficient (Wildman–Crippen LogP) is 3.68. The van der Waals surface area contributed by atoms with Gasteiger partial charge in [-0.3, -0.25) is 0 Å². The normalized spacial score (nSPS) is 10.4. The molecule has 0 aromatic heterocycles. The summed E-state index contributed by atoms with van der Waals surface area (Å²) in [4.78, 5) is 11.8. The van der Waals surface area contributed by atoms with Crippen molar-refractivity contribution in [1.82, 2.24) is 0 Å². The molecule has 2 heteroatoms. The van der Waals surface area contributed by atoms with Gasteiger partial charge in [-0.05, 0) is 23.8 Å². The van der Waals surface area contributed by atoms with Gasteiger partial charge in [0.2, 0.25) is 0 Å². The third-order valence-corrected chi connectivity index (χ3v) is 2.87. The second-order valence-electron chi connectivity index (χ2n) is 4.42. The summed E-state index contributed by atoms with van der Waals surface area (Å²) in [7, 11) is 1.38. The molecule has 0 radical (unpaired) electrons. The number of hydrogen-bond acceptors (Lipinski definition) is 2. The topological polar surface area (TPSA) is 26.3 Å².